The van der Waals surface area contributed by atoms with Gasteiger partial charge in [0.05, 0.1) is 0 Å². The van der Waals surface area contributed by atoms with E-state index in [1.54, 1.807) is 0 Å². The van der Waals surface area contributed by atoms with Crippen molar-refractivity contribution in [2.75, 3.05) is 4.90 Å². The second-order valence-electron chi connectivity index (χ2n) is 19.4. The predicted octanol–water partition coefficient (Wildman–Crippen LogP) is 14.2. The Bertz CT molecular complexity index is 3420. The fourth-order valence-corrected chi connectivity index (χ4v) is 23.2. The second-order valence-corrected chi connectivity index (χ2v) is 26.9. The molecular weight excluding hydrogens is 845 g/mol. The third-order valence-corrected chi connectivity index (χ3v) is 25.3. The van der Waals surface area contributed by atoms with Gasteiger partial charge in [-0.15, -0.1) is 0 Å². The number of hydrogen-bond donors (Lipinski definition) is 0. The van der Waals surface area contributed by atoms with Crippen molar-refractivity contribution >= 4 is 70.6 Å². The van der Waals surface area contributed by atoms with Gasteiger partial charge in [-0.1, -0.05) is 36.4 Å². The number of aryl methyl sites for hydroxylation is 2. The summed E-state index contributed by atoms with van der Waals surface area (Å²) in [6, 6.07) is 79.1. The van der Waals surface area contributed by atoms with E-state index in [4.69, 9.17) is 0 Å². The molecule has 9 aromatic carbocycles. The van der Waals surface area contributed by atoms with E-state index in [0.717, 1.165) is 6.42 Å². The van der Waals surface area contributed by atoms with Crippen molar-refractivity contribution in [2.45, 2.75) is 64.3 Å². The topological polar surface area (TPSA) is 8.17 Å². The van der Waals surface area contributed by atoms with E-state index in [9.17, 15) is 0 Å². The van der Waals surface area contributed by atoms with Gasteiger partial charge in [0.25, 0.3) is 0 Å². The summed E-state index contributed by atoms with van der Waals surface area (Å²) in [6.07, 6.45) is 4.82. The van der Waals surface area contributed by atoms with Crippen LogP contribution < -0.4 is 18.1 Å². The maximum atomic E-state index is 2.86. The van der Waals surface area contributed by atoms with E-state index in [1.807, 2.05) is 0 Å². The normalized spacial score (nSPS) is 18.3. The van der Waals surface area contributed by atoms with Crippen LogP contribution in [0.3, 0.4) is 0 Å². The third kappa shape index (κ3) is 5.99. The van der Waals surface area contributed by atoms with Gasteiger partial charge in [0.2, 0.25) is 0 Å². The molecule has 65 heavy (non-hydrogen) atoms. The first-order chi connectivity index (χ1) is 31.8. The standard InChI is InChI=1S/C62H54GeN2/c1-43-18-14-25-49(38-43)63(50-26-15-19-44(2)39-50,51-27-16-24-47(40-51)45-20-6-5-7-21-45)65-58-31-11-10-29-55(58)56-42-52(33-35-59(56)65)64-60-34-32-48(54-30-17-23-46-22-8-9-28-53(46)54)41-57(60)61(3)36-12-13-37-62(61,64)4/h5-11,14-35,38-42H,12-13,36-37H2,1-4H3. The van der Waals surface area contributed by atoms with Gasteiger partial charge >= 0.3 is 347 Å². The van der Waals surface area contributed by atoms with E-state index in [1.165, 1.54) is 115 Å². The van der Waals surface area contributed by atoms with Crippen molar-refractivity contribution in [3.63, 3.8) is 0 Å². The summed E-state index contributed by atoms with van der Waals surface area (Å²) in [7, 11) is 0. The summed E-state index contributed by atoms with van der Waals surface area (Å²) in [6.45, 7) is 9.64. The summed E-state index contributed by atoms with van der Waals surface area (Å²) >= 11 is -3.96. The molecule has 0 amide bonds. The first-order valence-electron chi connectivity index (χ1n) is 23.5. The Morgan fingerprint density at radius 2 is 1.06 bits per heavy atom. The molecule has 3 heteroatoms. The number of benzene rings is 9. The van der Waals surface area contributed by atoms with Crippen LogP contribution in [-0.4, -0.2) is 22.6 Å². The van der Waals surface area contributed by atoms with Gasteiger partial charge in [-0.3, -0.25) is 0 Å². The quantitative estimate of drug-likeness (QED) is 0.145. The van der Waals surface area contributed by atoms with Crippen LogP contribution in [0.15, 0.2) is 206 Å². The molecule has 10 aromatic rings. The molecule has 0 bridgehead atoms. The van der Waals surface area contributed by atoms with Gasteiger partial charge in [-0.25, -0.2) is 0 Å². The average molecular weight is 900 g/mol. The van der Waals surface area contributed by atoms with E-state index in [2.05, 4.69) is 242 Å². The molecule has 1 saturated carbocycles. The van der Waals surface area contributed by atoms with Crippen molar-refractivity contribution in [1.82, 2.24) is 3.52 Å². The Labute approximate surface area is 386 Å². The monoisotopic (exact) mass is 900 g/mol. The first kappa shape index (κ1) is 39.9. The molecule has 1 fully saturated rings. The van der Waals surface area contributed by atoms with Crippen LogP contribution in [0.5, 0.6) is 0 Å². The summed E-state index contributed by atoms with van der Waals surface area (Å²) in [5.74, 6) is 0. The van der Waals surface area contributed by atoms with Gasteiger partial charge < -0.3 is 0 Å². The molecule has 2 atom stereocenters. The molecule has 0 N–H and O–H groups in total. The molecule has 316 valence electrons. The number of para-hydroxylation sites is 1. The van der Waals surface area contributed by atoms with Gasteiger partial charge in [-0.05, 0) is 5.39 Å². The van der Waals surface area contributed by atoms with Crippen LogP contribution in [0.1, 0.15) is 56.2 Å². The number of fused-ring (bicyclic) bond motifs is 7. The van der Waals surface area contributed by atoms with Crippen molar-refractivity contribution in [2.24, 2.45) is 0 Å². The molecule has 2 heterocycles. The molecule has 0 radical (unpaired) electrons. The van der Waals surface area contributed by atoms with Crippen molar-refractivity contribution < 1.29 is 0 Å². The number of nitrogens with zero attached hydrogens (tertiary/aromatic N) is 2. The predicted molar refractivity (Wildman–Crippen MR) is 279 cm³/mol. The Hall–Kier alpha value is -6.62. The number of aromatic nitrogens is 1. The average Bonchev–Trinajstić information content (AvgIpc) is 3.77. The van der Waals surface area contributed by atoms with E-state index < -0.39 is 13.5 Å². The number of hydrogen-bond acceptors (Lipinski definition) is 1. The molecule has 12 rings (SSSR count). The number of anilines is 2. The van der Waals surface area contributed by atoms with Crippen LogP contribution in [-0.2, 0) is 5.41 Å². The first-order valence-corrected chi connectivity index (χ1v) is 27.6. The van der Waals surface area contributed by atoms with Crippen molar-refractivity contribution in [3.05, 3.63) is 223 Å². The molecule has 2 aliphatic rings. The Kier molecular flexibility index (Phi) is 9.37. The zero-order chi connectivity index (χ0) is 43.9. The van der Waals surface area contributed by atoms with Crippen LogP contribution >= 0.6 is 0 Å². The van der Waals surface area contributed by atoms with Gasteiger partial charge in [0.1, 0.15) is 0 Å². The molecule has 0 spiro atoms. The molecule has 2 unspecified atom stereocenters. The fraction of sp³-hybridized carbons (Fsp3) is 0.161. The minimum atomic E-state index is -3.96. The van der Waals surface area contributed by atoms with Crippen molar-refractivity contribution in [1.29, 1.82) is 0 Å². The van der Waals surface area contributed by atoms with Crippen LogP contribution in [0, 0.1) is 13.8 Å². The molecule has 0 saturated heterocycles. The summed E-state index contributed by atoms with van der Waals surface area (Å²) in [5, 5.41) is 5.22. The maximum absolute atomic E-state index is 3.96. The van der Waals surface area contributed by atoms with Gasteiger partial charge in [0.15, 0.2) is 0 Å². The zero-order valence-electron chi connectivity index (χ0n) is 37.9. The van der Waals surface area contributed by atoms with E-state index in [-0.39, 0.29) is 11.0 Å². The third-order valence-electron chi connectivity index (χ3n) is 15.7. The summed E-state index contributed by atoms with van der Waals surface area (Å²) < 4.78 is 7.13. The van der Waals surface area contributed by atoms with Crippen molar-refractivity contribution in [3.8, 4) is 22.3 Å². The summed E-state index contributed by atoms with van der Waals surface area (Å²) in [5.41, 5.74) is 14.3. The fourth-order valence-electron chi connectivity index (χ4n) is 12.4. The van der Waals surface area contributed by atoms with Gasteiger partial charge in [-0.2, -0.15) is 0 Å². The second kappa shape index (κ2) is 15.2. The molecule has 2 nitrogen and oxygen atoms in total. The Morgan fingerprint density at radius 3 is 1.83 bits per heavy atom. The zero-order valence-corrected chi connectivity index (χ0v) is 40.0. The van der Waals surface area contributed by atoms with E-state index in [0.29, 0.717) is 0 Å². The molecule has 1 aliphatic heterocycles. The Balaban J connectivity index is 1.12. The minimum absolute atomic E-state index is 0.00523. The van der Waals surface area contributed by atoms with Crippen LogP contribution in [0.4, 0.5) is 11.4 Å². The van der Waals surface area contributed by atoms with Gasteiger partial charge in [0, 0.05) is 0 Å². The van der Waals surface area contributed by atoms with Crippen LogP contribution in [0.2, 0.25) is 0 Å². The summed E-state index contributed by atoms with van der Waals surface area (Å²) in [4.78, 5) is 2.76. The molecular formula is C62H54GeN2. The SMILES string of the molecule is Cc1ccc[c]([Ge]([c]2cccc(C)c2)([c]2cccc(-c3ccccc3)c2)[n]2c3ccccc3c3cc(N4c5ccc(-c6cccc7ccccc67)cc5C5(C)CCCCC45C)ccc32)c1. The Morgan fingerprint density at radius 1 is 0.446 bits per heavy atom. The molecule has 1 aliphatic carbocycles. The van der Waals surface area contributed by atoms with Crippen LogP contribution in [0.25, 0.3) is 54.8 Å². The number of rotatable bonds is 7. The molecule has 1 aromatic heterocycles. The van der Waals surface area contributed by atoms with E-state index >= 15 is 0 Å².